The molecule has 0 unspecified atom stereocenters. The minimum atomic E-state index is -0.438. The molecule has 0 aromatic heterocycles. The van der Waals surface area contributed by atoms with E-state index in [4.69, 9.17) is 9.47 Å². The summed E-state index contributed by atoms with van der Waals surface area (Å²) in [5.41, 5.74) is 0.722. The molecule has 0 amide bonds. The van der Waals surface area contributed by atoms with E-state index in [2.05, 4.69) is 6.92 Å². The van der Waals surface area contributed by atoms with Crippen molar-refractivity contribution < 1.29 is 14.6 Å². The van der Waals surface area contributed by atoms with Crippen molar-refractivity contribution in [1.29, 1.82) is 0 Å². The van der Waals surface area contributed by atoms with Crippen LogP contribution in [0.5, 0.6) is 11.5 Å². The quantitative estimate of drug-likeness (QED) is 0.891. The summed E-state index contributed by atoms with van der Waals surface area (Å²) in [5.74, 6) is 2.44. The summed E-state index contributed by atoms with van der Waals surface area (Å²) in [7, 11) is 1.64. The number of hydrogen-bond acceptors (Lipinski definition) is 3. The number of ether oxygens (including phenoxy) is 2. The summed E-state index contributed by atoms with van der Waals surface area (Å²) < 4.78 is 11.5. The first-order valence-electron chi connectivity index (χ1n) is 7.71. The van der Waals surface area contributed by atoms with E-state index in [1.165, 1.54) is 19.3 Å². The maximum Gasteiger partial charge on any atom is 0.126 e. The lowest BCUT2D eigenvalue weighted by molar-refractivity contribution is -0.0471. The number of aliphatic hydroxyl groups excluding tert-OH is 1. The van der Waals surface area contributed by atoms with Gasteiger partial charge in [-0.05, 0) is 49.8 Å². The molecule has 1 atom stereocenters. The molecule has 0 radical (unpaired) electrons. The van der Waals surface area contributed by atoms with Crippen molar-refractivity contribution >= 4 is 0 Å². The number of methoxy groups -OCH3 is 1. The Labute approximate surface area is 120 Å². The Morgan fingerprint density at radius 1 is 1.35 bits per heavy atom. The normalized spacial score (nSPS) is 32.5. The van der Waals surface area contributed by atoms with Gasteiger partial charge in [-0.15, -0.1) is 0 Å². The van der Waals surface area contributed by atoms with Crippen LogP contribution in [0.2, 0.25) is 0 Å². The van der Waals surface area contributed by atoms with E-state index in [0.29, 0.717) is 6.42 Å². The predicted molar refractivity (Wildman–Crippen MR) is 78.2 cm³/mol. The topological polar surface area (TPSA) is 38.7 Å². The van der Waals surface area contributed by atoms with Crippen molar-refractivity contribution in [3.8, 4) is 11.5 Å². The molecule has 1 spiro atoms. The average molecular weight is 276 g/mol. The van der Waals surface area contributed by atoms with Gasteiger partial charge in [0.05, 0.1) is 13.2 Å². The van der Waals surface area contributed by atoms with Crippen molar-refractivity contribution in [2.45, 2.75) is 57.2 Å². The number of aliphatic hydroxyl groups is 1. The lowest BCUT2D eigenvalue weighted by atomic mass is 9.73. The van der Waals surface area contributed by atoms with Crippen molar-refractivity contribution in [3.05, 3.63) is 23.8 Å². The van der Waals surface area contributed by atoms with Crippen LogP contribution in [-0.2, 0) is 0 Å². The van der Waals surface area contributed by atoms with E-state index >= 15 is 0 Å². The van der Waals surface area contributed by atoms with E-state index in [1.54, 1.807) is 7.11 Å². The van der Waals surface area contributed by atoms with Gasteiger partial charge < -0.3 is 14.6 Å². The smallest absolute Gasteiger partial charge is 0.126 e. The van der Waals surface area contributed by atoms with Crippen LogP contribution in [0, 0.1) is 5.92 Å². The number of benzene rings is 1. The van der Waals surface area contributed by atoms with Gasteiger partial charge in [0, 0.05) is 12.0 Å². The molecule has 0 bridgehead atoms. The van der Waals surface area contributed by atoms with E-state index in [1.807, 2.05) is 18.2 Å². The largest absolute Gasteiger partial charge is 0.497 e. The van der Waals surface area contributed by atoms with Gasteiger partial charge in [0.25, 0.3) is 0 Å². The van der Waals surface area contributed by atoms with Crippen LogP contribution in [0.1, 0.15) is 57.1 Å². The average Bonchev–Trinajstić information content (AvgIpc) is 2.48. The van der Waals surface area contributed by atoms with Gasteiger partial charge >= 0.3 is 0 Å². The first-order valence-corrected chi connectivity index (χ1v) is 7.71. The van der Waals surface area contributed by atoms with Crippen LogP contribution in [0.4, 0.5) is 0 Å². The first kappa shape index (κ1) is 13.7. The molecule has 110 valence electrons. The summed E-state index contributed by atoms with van der Waals surface area (Å²) in [6, 6.07) is 5.73. The highest BCUT2D eigenvalue weighted by Gasteiger charge is 2.42. The van der Waals surface area contributed by atoms with Gasteiger partial charge in [0.15, 0.2) is 0 Å². The van der Waals surface area contributed by atoms with E-state index in [0.717, 1.165) is 35.8 Å². The Morgan fingerprint density at radius 3 is 2.75 bits per heavy atom. The van der Waals surface area contributed by atoms with Gasteiger partial charge in [-0.2, -0.15) is 0 Å². The molecule has 1 aromatic rings. The predicted octanol–water partition coefficient (Wildman–Crippen LogP) is 3.85. The van der Waals surface area contributed by atoms with E-state index in [9.17, 15) is 5.11 Å². The Morgan fingerprint density at radius 2 is 2.10 bits per heavy atom. The van der Waals surface area contributed by atoms with Gasteiger partial charge in [-0.3, -0.25) is 0 Å². The molecule has 1 aliphatic carbocycles. The zero-order valence-electron chi connectivity index (χ0n) is 12.4. The molecule has 0 saturated heterocycles. The fourth-order valence-corrected chi connectivity index (χ4v) is 3.66. The highest BCUT2D eigenvalue weighted by atomic mass is 16.5. The van der Waals surface area contributed by atoms with Crippen molar-refractivity contribution in [2.75, 3.05) is 7.11 Å². The SMILES string of the molecule is CCC1CCC2(CC1)C[C@@H](O)c1cc(OC)ccc1O2. The zero-order valence-corrected chi connectivity index (χ0v) is 12.4. The minimum Gasteiger partial charge on any atom is -0.497 e. The first-order chi connectivity index (χ1) is 9.65. The minimum absolute atomic E-state index is 0.146. The standard InChI is InChI=1S/C17H24O3/c1-3-12-6-8-17(9-7-12)11-15(18)14-10-13(19-2)4-5-16(14)20-17/h4-5,10,12,15,18H,3,6-9,11H2,1-2H3/t12?,15-,17?/m1/s1. The van der Waals surface area contributed by atoms with Crippen LogP contribution in [-0.4, -0.2) is 17.8 Å². The third kappa shape index (κ3) is 2.39. The monoisotopic (exact) mass is 276 g/mol. The summed E-state index contributed by atoms with van der Waals surface area (Å²) in [5, 5.41) is 10.5. The number of hydrogen-bond donors (Lipinski definition) is 1. The zero-order chi connectivity index (χ0) is 14.2. The third-order valence-electron chi connectivity index (χ3n) is 5.06. The van der Waals surface area contributed by atoms with Gasteiger partial charge in [-0.25, -0.2) is 0 Å². The van der Waals surface area contributed by atoms with Crippen LogP contribution in [0.15, 0.2) is 18.2 Å². The number of rotatable bonds is 2. The van der Waals surface area contributed by atoms with Crippen LogP contribution >= 0.6 is 0 Å². The summed E-state index contributed by atoms with van der Waals surface area (Å²) in [6.45, 7) is 2.26. The Hall–Kier alpha value is -1.22. The Balaban J connectivity index is 1.82. The van der Waals surface area contributed by atoms with Crippen molar-refractivity contribution in [2.24, 2.45) is 5.92 Å². The molecule has 1 N–H and O–H groups in total. The maximum absolute atomic E-state index is 10.5. The molecule has 1 aromatic carbocycles. The summed E-state index contributed by atoms with van der Waals surface area (Å²) in [6.07, 6.45) is 6.09. The maximum atomic E-state index is 10.5. The molecule has 20 heavy (non-hydrogen) atoms. The van der Waals surface area contributed by atoms with Gasteiger partial charge in [0.2, 0.25) is 0 Å². The van der Waals surface area contributed by atoms with Crippen LogP contribution in [0.3, 0.4) is 0 Å². The molecule has 2 aliphatic rings. The second-order valence-corrected chi connectivity index (χ2v) is 6.26. The Kier molecular flexibility index (Phi) is 3.63. The van der Waals surface area contributed by atoms with Gasteiger partial charge in [0.1, 0.15) is 17.1 Å². The second kappa shape index (κ2) is 5.28. The summed E-state index contributed by atoms with van der Waals surface area (Å²) in [4.78, 5) is 0. The van der Waals surface area contributed by atoms with E-state index in [-0.39, 0.29) is 5.60 Å². The Bertz CT molecular complexity index is 475. The molecule has 1 fully saturated rings. The lowest BCUT2D eigenvalue weighted by Gasteiger charge is -2.45. The fraction of sp³-hybridized carbons (Fsp3) is 0.647. The molecule has 3 heteroatoms. The molecule has 3 nitrogen and oxygen atoms in total. The van der Waals surface area contributed by atoms with Gasteiger partial charge in [-0.1, -0.05) is 13.3 Å². The molecular weight excluding hydrogens is 252 g/mol. The fourth-order valence-electron chi connectivity index (χ4n) is 3.66. The van der Waals surface area contributed by atoms with Crippen molar-refractivity contribution in [3.63, 3.8) is 0 Å². The third-order valence-corrected chi connectivity index (χ3v) is 5.06. The molecule has 3 rings (SSSR count). The molecule has 1 aliphatic heterocycles. The van der Waals surface area contributed by atoms with E-state index < -0.39 is 6.10 Å². The van der Waals surface area contributed by atoms with Crippen molar-refractivity contribution in [1.82, 2.24) is 0 Å². The molecule has 1 saturated carbocycles. The second-order valence-electron chi connectivity index (χ2n) is 6.26. The number of fused-ring (bicyclic) bond motifs is 1. The van der Waals surface area contributed by atoms with Crippen LogP contribution in [0.25, 0.3) is 0 Å². The summed E-state index contributed by atoms with van der Waals surface area (Å²) >= 11 is 0. The highest BCUT2D eigenvalue weighted by Crippen LogP contribution is 2.48. The van der Waals surface area contributed by atoms with Crippen LogP contribution < -0.4 is 9.47 Å². The molecular formula is C17H24O3. The molecule has 1 heterocycles. The highest BCUT2D eigenvalue weighted by molar-refractivity contribution is 5.43. The lowest BCUT2D eigenvalue weighted by Crippen LogP contribution is -2.44.